The first kappa shape index (κ1) is 18.8. The molecule has 4 heteroatoms. The predicted molar refractivity (Wildman–Crippen MR) is 93.7 cm³/mol. The molecule has 0 aliphatic heterocycles. The summed E-state index contributed by atoms with van der Waals surface area (Å²) in [4.78, 5) is 22.2. The van der Waals surface area contributed by atoms with Crippen LogP contribution in [0.4, 0.5) is 0 Å². The highest BCUT2D eigenvalue weighted by atomic mass is 16.4. The maximum absolute atomic E-state index is 11.4. The fourth-order valence-corrected chi connectivity index (χ4v) is 5.13. The number of carboxylic acid groups (broad SMARTS) is 2. The van der Waals surface area contributed by atoms with Crippen LogP contribution in [0.3, 0.4) is 0 Å². The molecule has 0 saturated heterocycles. The highest BCUT2D eigenvalue weighted by Gasteiger charge is 2.52. The van der Waals surface area contributed by atoms with Gasteiger partial charge in [0.2, 0.25) is 0 Å². The maximum atomic E-state index is 11.4. The normalized spacial score (nSPS) is 36.7. The number of carboxylic acids is 2. The summed E-state index contributed by atoms with van der Waals surface area (Å²) in [5.41, 5.74) is 1.71. The number of aliphatic carboxylic acids is 2. The summed E-state index contributed by atoms with van der Waals surface area (Å²) in [5.74, 6) is -1.26. The standard InChI is InChI=1S/C20H30O4/c1-13-6-5-7-16-19(13,3)10-8-14(2)20(16,4)11-9-15(18(23)24)12-17(21)22/h6,12,14,16H,5,7-11H2,1-4H3,(H,21,22)(H,23,24)/b15-12+/t14-,16+,19+,20+/m0/s1. The first-order chi connectivity index (χ1) is 11.1. The van der Waals surface area contributed by atoms with Gasteiger partial charge in [0.05, 0.1) is 0 Å². The van der Waals surface area contributed by atoms with Gasteiger partial charge in [0, 0.05) is 11.6 Å². The van der Waals surface area contributed by atoms with Crippen LogP contribution in [0.5, 0.6) is 0 Å². The van der Waals surface area contributed by atoms with E-state index in [1.807, 2.05) is 0 Å². The molecule has 134 valence electrons. The summed E-state index contributed by atoms with van der Waals surface area (Å²) in [7, 11) is 0. The quantitative estimate of drug-likeness (QED) is 0.566. The molecule has 0 heterocycles. The van der Waals surface area contributed by atoms with Crippen LogP contribution in [0.2, 0.25) is 0 Å². The van der Waals surface area contributed by atoms with Crippen LogP contribution in [0.1, 0.15) is 66.2 Å². The number of rotatable bonds is 5. The molecule has 0 unspecified atom stereocenters. The molecule has 0 aromatic rings. The molecule has 2 N–H and O–H groups in total. The second kappa shape index (κ2) is 6.73. The van der Waals surface area contributed by atoms with E-state index in [0.717, 1.165) is 31.8 Å². The number of carbonyl (C=O) groups is 2. The Labute approximate surface area is 144 Å². The number of allylic oxidation sites excluding steroid dienone is 2. The summed E-state index contributed by atoms with van der Waals surface area (Å²) < 4.78 is 0. The van der Waals surface area contributed by atoms with Crippen molar-refractivity contribution in [1.29, 1.82) is 0 Å². The second-order valence-corrected chi connectivity index (χ2v) is 8.19. The second-order valence-electron chi connectivity index (χ2n) is 8.19. The number of hydrogen-bond acceptors (Lipinski definition) is 2. The number of fused-ring (bicyclic) bond motifs is 1. The predicted octanol–water partition coefficient (Wildman–Crippen LogP) is 4.66. The first-order valence-electron chi connectivity index (χ1n) is 8.95. The molecule has 4 atom stereocenters. The zero-order valence-corrected chi connectivity index (χ0v) is 15.3. The third-order valence-electron chi connectivity index (χ3n) is 7.10. The highest BCUT2D eigenvalue weighted by Crippen LogP contribution is 2.61. The summed E-state index contributed by atoms with van der Waals surface area (Å²) in [5, 5.41) is 18.2. The minimum atomic E-state index is -1.18. The van der Waals surface area contributed by atoms with Gasteiger partial charge in [-0.2, -0.15) is 0 Å². The fourth-order valence-electron chi connectivity index (χ4n) is 5.13. The van der Waals surface area contributed by atoms with Gasteiger partial charge in [-0.05, 0) is 68.1 Å². The molecule has 0 amide bonds. The van der Waals surface area contributed by atoms with Crippen molar-refractivity contribution >= 4 is 11.9 Å². The van der Waals surface area contributed by atoms with Crippen LogP contribution in [-0.4, -0.2) is 22.2 Å². The van der Waals surface area contributed by atoms with E-state index >= 15 is 0 Å². The van der Waals surface area contributed by atoms with Crippen molar-refractivity contribution in [1.82, 2.24) is 0 Å². The van der Waals surface area contributed by atoms with Crippen molar-refractivity contribution in [2.24, 2.45) is 22.7 Å². The summed E-state index contributed by atoms with van der Waals surface area (Å²) in [6.07, 6.45) is 8.81. The topological polar surface area (TPSA) is 74.6 Å². The lowest BCUT2D eigenvalue weighted by molar-refractivity contribution is -0.135. The van der Waals surface area contributed by atoms with E-state index in [2.05, 4.69) is 33.8 Å². The summed E-state index contributed by atoms with van der Waals surface area (Å²) in [6, 6.07) is 0. The molecule has 0 spiro atoms. The van der Waals surface area contributed by atoms with E-state index < -0.39 is 11.9 Å². The minimum absolute atomic E-state index is 0.00581. The maximum Gasteiger partial charge on any atom is 0.331 e. The van der Waals surface area contributed by atoms with E-state index in [9.17, 15) is 14.7 Å². The third kappa shape index (κ3) is 3.28. The lowest BCUT2D eigenvalue weighted by atomic mass is 9.47. The van der Waals surface area contributed by atoms with Crippen molar-refractivity contribution in [2.45, 2.75) is 66.2 Å². The molecule has 24 heavy (non-hydrogen) atoms. The Hall–Kier alpha value is -1.58. The average molecular weight is 334 g/mol. The van der Waals surface area contributed by atoms with E-state index in [0.29, 0.717) is 18.3 Å². The van der Waals surface area contributed by atoms with Crippen molar-refractivity contribution in [2.75, 3.05) is 0 Å². The molecule has 1 saturated carbocycles. The third-order valence-corrected chi connectivity index (χ3v) is 7.10. The van der Waals surface area contributed by atoms with Crippen LogP contribution in [0.15, 0.2) is 23.3 Å². The van der Waals surface area contributed by atoms with Gasteiger partial charge >= 0.3 is 11.9 Å². The molecule has 2 aliphatic carbocycles. The molecule has 0 aromatic heterocycles. The van der Waals surface area contributed by atoms with E-state index in [1.165, 1.54) is 12.0 Å². The average Bonchev–Trinajstić information content (AvgIpc) is 2.50. The zero-order chi connectivity index (χ0) is 18.1. The first-order valence-corrected chi connectivity index (χ1v) is 8.95. The van der Waals surface area contributed by atoms with Crippen LogP contribution in [0.25, 0.3) is 0 Å². The Morgan fingerprint density at radius 2 is 1.96 bits per heavy atom. The largest absolute Gasteiger partial charge is 0.478 e. The Bertz CT molecular complexity index is 588. The molecule has 0 aromatic carbocycles. The summed E-state index contributed by atoms with van der Waals surface area (Å²) >= 11 is 0. The fraction of sp³-hybridized carbons (Fsp3) is 0.700. The van der Waals surface area contributed by atoms with Crippen molar-refractivity contribution in [3.63, 3.8) is 0 Å². The van der Waals surface area contributed by atoms with Crippen molar-refractivity contribution < 1.29 is 19.8 Å². The van der Waals surface area contributed by atoms with E-state index in [1.54, 1.807) is 0 Å². The lowest BCUT2D eigenvalue weighted by Crippen LogP contribution is -2.49. The zero-order valence-electron chi connectivity index (χ0n) is 15.3. The van der Waals surface area contributed by atoms with Gasteiger partial charge in [-0.15, -0.1) is 0 Å². The minimum Gasteiger partial charge on any atom is -0.478 e. The monoisotopic (exact) mass is 334 g/mol. The highest BCUT2D eigenvalue weighted by molar-refractivity contribution is 5.94. The van der Waals surface area contributed by atoms with Gasteiger partial charge in [0.1, 0.15) is 0 Å². The molecule has 2 rings (SSSR count). The van der Waals surface area contributed by atoms with E-state index in [4.69, 9.17) is 5.11 Å². The van der Waals surface area contributed by atoms with Crippen molar-refractivity contribution in [3.8, 4) is 0 Å². The van der Waals surface area contributed by atoms with Crippen LogP contribution in [0, 0.1) is 22.7 Å². The van der Waals surface area contributed by atoms with Gasteiger partial charge in [-0.25, -0.2) is 9.59 Å². The van der Waals surface area contributed by atoms with Gasteiger partial charge in [-0.3, -0.25) is 0 Å². The van der Waals surface area contributed by atoms with Crippen LogP contribution in [-0.2, 0) is 9.59 Å². The number of hydrogen-bond donors (Lipinski definition) is 2. The molecular weight excluding hydrogens is 304 g/mol. The Kier molecular flexibility index (Phi) is 5.26. The van der Waals surface area contributed by atoms with Crippen LogP contribution >= 0.6 is 0 Å². The molecule has 0 bridgehead atoms. The van der Waals surface area contributed by atoms with Gasteiger partial charge in [-0.1, -0.05) is 32.4 Å². The van der Waals surface area contributed by atoms with Gasteiger partial charge < -0.3 is 10.2 Å². The molecule has 4 nitrogen and oxygen atoms in total. The summed E-state index contributed by atoms with van der Waals surface area (Å²) in [6.45, 7) is 9.15. The lowest BCUT2D eigenvalue weighted by Gasteiger charge is -2.58. The molecular formula is C20H30O4. The smallest absolute Gasteiger partial charge is 0.331 e. The van der Waals surface area contributed by atoms with Crippen molar-refractivity contribution in [3.05, 3.63) is 23.3 Å². The Balaban J connectivity index is 2.27. The Morgan fingerprint density at radius 1 is 1.29 bits per heavy atom. The molecule has 1 fully saturated rings. The van der Waals surface area contributed by atoms with Crippen LogP contribution < -0.4 is 0 Å². The SMILES string of the molecule is CC1=CCC[C@H]2[C@](C)(CC/C(=C\C(=O)O)C(=O)O)[C@@H](C)CC[C@]12C. The molecule has 2 aliphatic rings. The van der Waals surface area contributed by atoms with Gasteiger partial charge in [0.15, 0.2) is 0 Å². The van der Waals surface area contributed by atoms with Gasteiger partial charge in [0.25, 0.3) is 0 Å². The molecule has 0 radical (unpaired) electrons. The van der Waals surface area contributed by atoms with E-state index in [-0.39, 0.29) is 16.4 Å². The Morgan fingerprint density at radius 3 is 2.54 bits per heavy atom.